The molecule has 1 fully saturated rings. The fourth-order valence-corrected chi connectivity index (χ4v) is 3.02. The van der Waals surface area contributed by atoms with E-state index in [1.54, 1.807) is 0 Å². The van der Waals surface area contributed by atoms with Crippen molar-refractivity contribution in [3.8, 4) is 18.1 Å². The van der Waals surface area contributed by atoms with Gasteiger partial charge in [-0.2, -0.15) is 0 Å². The summed E-state index contributed by atoms with van der Waals surface area (Å²) >= 11 is 0. The Labute approximate surface area is 135 Å². The summed E-state index contributed by atoms with van der Waals surface area (Å²) in [4.78, 5) is 22.8. The number of carbonyl (C=O) groups excluding carboxylic acids is 1. The smallest absolute Gasteiger partial charge is 0.273 e. The van der Waals surface area contributed by atoms with Crippen molar-refractivity contribution < 1.29 is 14.5 Å². The fourth-order valence-electron chi connectivity index (χ4n) is 3.02. The molecule has 2 unspecified atom stereocenters. The third-order valence-corrected chi connectivity index (χ3v) is 4.25. The third kappa shape index (κ3) is 4.01. The van der Waals surface area contributed by atoms with Gasteiger partial charge in [-0.15, -0.1) is 12.3 Å². The maximum atomic E-state index is 12.5. The van der Waals surface area contributed by atoms with Crippen LogP contribution in [-0.4, -0.2) is 24.0 Å². The number of amides is 1. The molecule has 0 aromatic heterocycles. The van der Waals surface area contributed by atoms with Gasteiger partial charge >= 0.3 is 0 Å². The second kappa shape index (κ2) is 7.63. The van der Waals surface area contributed by atoms with Crippen molar-refractivity contribution in [2.24, 2.45) is 5.92 Å². The van der Waals surface area contributed by atoms with E-state index in [0.29, 0.717) is 12.0 Å². The number of non-ortho nitro benzene ring substituents is 1. The highest BCUT2D eigenvalue weighted by Crippen LogP contribution is 2.29. The highest BCUT2D eigenvalue weighted by Gasteiger charge is 2.27. The Bertz CT molecular complexity index is 636. The van der Waals surface area contributed by atoms with E-state index in [9.17, 15) is 14.9 Å². The maximum Gasteiger partial charge on any atom is 0.273 e. The van der Waals surface area contributed by atoms with E-state index in [2.05, 4.69) is 11.2 Å². The number of nitro benzene ring substituents is 1. The zero-order valence-corrected chi connectivity index (χ0v) is 13.1. The number of hydrogen-bond donors (Lipinski definition) is 1. The lowest BCUT2D eigenvalue weighted by Gasteiger charge is -2.31. The van der Waals surface area contributed by atoms with Crippen LogP contribution in [0.2, 0.25) is 0 Å². The molecular formula is C17H20N2O4. The van der Waals surface area contributed by atoms with Crippen molar-refractivity contribution in [2.45, 2.75) is 38.1 Å². The van der Waals surface area contributed by atoms with Crippen LogP contribution in [-0.2, 0) is 0 Å². The molecule has 0 bridgehead atoms. The normalized spacial score (nSPS) is 20.3. The van der Waals surface area contributed by atoms with Gasteiger partial charge in [-0.1, -0.05) is 12.8 Å². The van der Waals surface area contributed by atoms with Gasteiger partial charge in [-0.25, -0.2) is 0 Å². The van der Waals surface area contributed by atoms with Gasteiger partial charge in [0.25, 0.3) is 11.6 Å². The number of benzene rings is 1. The van der Waals surface area contributed by atoms with Crippen LogP contribution >= 0.6 is 0 Å². The number of nitrogens with zero attached hydrogens (tertiary/aromatic N) is 1. The van der Waals surface area contributed by atoms with Crippen molar-refractivity contribution in [3.63, 3.8) is 0 Å². The van der Waals surface area contributed by atoms with E-state index in [1.807, 2.05) is 0 Å². The number of methoxy groups -OCH3 is 1. The number of ether oxygens (including phenoxy) is 1. The highest BCUT2D eigenvalue weighted by atomic mass is 16.6. The van der Waals surface area contributed by atoms with Crippen LogP contribution in [0.5, 0.6) is 5.75 Å². The Kier molecular flexibility index (Phi) is 5.58. The van der Waals surface area contributed by atoms with Gasteiger partial charge in [0, 0.05) is 18.5 Å². The Morgan fingerprint density at radius 1 is 1.48 bits per heavy atom. The van der Waals surface area contributed by atoms with Crippen LogP contribution in [0.3, 0.4) is 0 Å². The van der Waals surface area contributed by atoms with E-state index in [-0.39, 0.29) is 29.3 Å². The molecule has 0 aliphatic heterocycles. The number of terminal acetylenes is 1. The average molecular weight is 316 g/mol. The number of carbonyl (C=O) groups is 1. The molecule has 0 radical (unpaired) electrons. The molecule has 1 saturated carbocycles. The van der Waals surface area contributed by atoms with Gasteiger partial charge in [0.05, 0.1) is 23.7 Å². The van der Waals surface area contributed by atoms with Crippen LogP contribution in [0.15, 0.2) is 18.2 Å². The van der Waals surface area contributed by atoms with E-state index >= 15 is 0 Å². The minimum atomic E-state index is -0.520. The topological polar surface area (TPSA) is 81.5 Å². The Hall–Kier alpha value is -2.55. The molecule has 1 aromatic carbocycles. The van der Waals surface area contributed by atoms with Gasteiger partial charge in [0.15, 0.2) is 0 Å². The van der Waals surface area contributed by atoms with Crippen LogP contribution in [0.1, 0.15) is 42.5 Å². The maximum absolute atomic E-state index is 12.5. The SMILES string of the molecule is C#CCC1CCCCC1NC(=O)c1ccc([N+](=O)[O-])cc1OC. The monoisotopic (exact) mass is 316 g/mol. The van der Waals surface area contributed by atoms with E-state index in [4.69, 9.17) is 11.2 Å². The molecule has 0 saturated heterocycles. The average Bonchev–Trinajstić information content (AvgIpc) is 2.56. The molecular weight excluding hydrogens is 296 g/mol. The van der Waals surface area contributed by atoms with Crippen molar-refractivity contribution in [1.82, 2.24) is 5.32 Å². The summed E-state index contributed by atoms with van der Waals surface area (Å²) in [7, 11) is 1.39. The minimum absolute atomic E-state index is 0.0344. The number of nitrogens with one attached hydrogen (secondary N) is 1. The summed E-state index contributed by atoms with van der Waals surface area (Å²) in [6.45, 7) is 0. The molecule has 2 atom stereocenters. The third-order valence-electron chi connectivity index (χ3n) is 4.25. The van der Waals surface area contributed by atoms with E-state index < -0.39 is 4.92 Å². The Morgan fingerprint density at radius 3 is 2.87 bits per heavy atom. The predicted molar refractivity (Wildman–Crippen MR) is 86.3 cm³/mol. The minimum Gasteiger partial charge on any atom is -0.496 e. The summed E-state index contributed by atoms with van der Waals surface area (Å²) < 4.78 is 5.12. The molecule has 6 nitrogen and oxygen atoms in total. The first-order valence-electron chi connectivity index (χ1n) is 7.63. The lowest BCUT2D eigenvalue weighted by molar-refractivity contribution is -0.384. The van der Waals surface area contributed by atoms with Gasteiger partial charge in [-0.3, -0.25) is 14.9 Å². The van der Waals surface area contributed by atoms with Crippen LogP contribution in [0, 0.1) is 28.4 Å². The lowest BCUT2D eigenvalue weighted by Crippen LogP contribution is -2.42. The quantitative estimate of drug-likeness (QED) is 0.514. The van der Waals surface area contributed by atoms with Crippen LogP contribution in [0.4, 0.5) is 5.69 Å². The Morgan fingerprint density at radius 2 is 2.22 bits per heavy atom. The van der Waals surface area contributed by atoms with E-state index in [1.165, 1.54) is 25.3 Å². The molecule has 0 heterocycles. The fraction of sp³-hybridized carbons (Fsp3) is 0.471. The first-order chi connectivity index (χ1) is 11.1. The summed E-state index contributed by atoms with van der Waals surface area (Å²) in [6.07, 6.45) is 10.1. The molecule has 1 aromatic rings. The first-order valence-corrected chi connectivity index (χ1v) is 7.63. The zero-order valence-electron chi connectivity index (χ0n) is 13.1. The van der Waals surface area contributed by atoms with Gasteiger partial charge in [0.2, 0.25) is 0 Å². The molecule has 2 rings (SSSR count). The van der Waals surface area contributed by atoms with Crippen molar-refractivity contribution >= 4 is 11.6 Å². The lowest BCUT2D eigenvalue weighted by atomic mass is 9.82. The zero-order chi connectivity index (χ0) is 16.8. The molecule has 1 aliphatic rings. The Balaban J connectivity index is 2.16. The summed E-state index contributed by atoms with van der Waals surface area (Å²) in [5.41, 5.74) is 0.185. The molecule has 0 spiro atoms. The largest absolute Gasteiger partial charge is 0.496 e. The number of hydrogen-bond acceptors (Lipinski definition) is 4. The standard InChI is InChI=1S/C17H20N2O4/c1-3-6-12-7-4-5-8-15(12)18-17(20)14-10-9-13(19(21)22)11-16(14)23-2/h1,9-12,15H,4-8H2,2H3,(H,18,20). The highest BCUT2D eigenvalue weighted by molar-refractivity contribution is 5.97. The van der Waals surface area contributed by atoms with Crippen LogP contribution in [0.25, 0.3) is 0 Å². The molecule has 1 N–H and O–H groups in total. The summed E-state index contributed by atoms with van der Waals surface area (Å²) in [6, 6.07) is 4.02. The molecule has 122 valence electrons. The van der Waals surface area contributed by atoms with Gasteiger partial charge in [-0.05, 0) is 24.8 Å². The van der Waals surface area contributed by atoms with Crippen molar-refractivity contribution in [3.05, 3.63) is 33.9 Å². The van der Waals surface area contributed by atoms with E-state index in [0.717, 1.165) is 25.7 Å². The second-order valence-corrected chi connectivity index (χ2v) is 5.67. The molecule has 6 heteroatoms. The summed E-state index contributed by atoms with van der Waals surface area (Å²) in [5.74, 6) is 2.86. The number of nitro groups is 1. The molecule has 1 amide bonds. The van der Waals surface area contributed by atoms with Gasteiger partial charge in [0.1, 0.15) is 5.75 Å². The summed E-state index contributed by atoms with van der Waals surface area (Å²) in [5, 5.41) is 13.8. The van der Waals surface area contributed by atoms with Crippen molar-refractivity contribution in [1.29, 1.82) is 0 Å². The van der Waals surface area contributed by atoms with Gasteiger partial charge < -0.3 is 10.1 Å². The second-order valence-electron chi connectivity index (χ2n) is 5.67. The van der Waals surface area contributed by atoms with Crippen molar-refractivity contribution in [2.75, 3.05) is 7.11 Å². The predicted octanol–water partition coefficient (Wildman–Crippen LogP) is 2.92. The first kappa shape index (κ1) is 16.8. The molecule has 23 heavy (non-hydrogen) atoms. The van der Waals surface area contributed by atoms with Crippen LogP contribution < -0.4 is 10.1 Å². The molecule has 1 aliphatic carbocycles. The number of rotatable bonds is 5.